The third kappa shape index (κ3) is 5.94. The van der Waals surface area contributed by atoms with Crippen LogP contribution in [0.1, 0.15) is 35.1 Å². The highest BCUT2D eigenvalue weighted by molar-refractivity contribution is 9.10. The van der Waals surface area contributed by atoms with Gasteiger partial charge < -0.3 is 14.8 Å². The molecule has 3 aromatic heterocycles. The largest absolute Gasteiger partial charge is 0.491 e. The molecule has 1 aliphatic heterocycles. The van der Waals surface area contributed by atoms with Crippen molar-refractivity contribution in [2.45, 2.75) is 43.3 Å². The number of halogens is 4. The number of hydrogen-bond donors (Lipinski definition) is 1. The number of fused-ring (bicyclic) bond motifs is 2. The number of carbonyl (C=O) groups is 1. The normalized spacial score (nSPS) is 16.8. The van der Waals surface area contributed by atoms with E-state index < -0.39 is 28.8 Å². The Hall–Kier alpha value is -3.58. The number of aryl methyl sites for hydroxylation is 1. The van der Waals surface area contributed by atoms with Crippen LogP contribution in [0.5, 0.6) is 11.6 Å². The maximum atomic E-state index is 14.2. The van der Waals surface area contributed by atoms with Crippen LogP contribution in [0.25, 0.3) is 22.2 Å². The van der Waals surface area contributed by atoms with E-state index in [-0.39, 0.29) is 41.7 Å². The van der Waals surface area contributed by atoms with Crippen LogP contribution in [0, 0.1) is 0 Å². The second kappa shape index (κ2) is 11.9. The van der Waals surface area contributed by atoms with E-state index >= 15 is 0 Å². The molecule has 8 nitrogen and oxygen atoms in total. The molecule has 1 N–H and O–H groups in total. The Balaban J connectivity index is 1.38. The fourth-order valence-corrected chi connectivity index (χ4v) is 6.00. The van der Waals surface area contributed by atoms with E-state index in [9.17, 15) is 22.2 Å². The average Bonchev–Trinajstić information content (AvgIpc) is 3.09. The van der Waals surface area contributed by atoms with Gasteiger partial charge >= 0.3 is 6.61 Å². The maximum absolute atomic E-state index is 14.2. The minimum Gasteiger partial charge on any atom is -0.491 e. The van der Waals surface area contributed by atoms with Crippen molar-refractivity contribution in [2.75, 3.05) is 6.61 Å². The number of carbonyl (C=O) groups excluding carboxylic acids is 1. The number of pyridine rings is 3. The zero-order valence-electron chi connectivity index (χ0n) is 21.0. The molecule has 0 fully saturated rings. The molecule has 0 saturated carbocycles. The van der Waals surface area contributed by atoms with E-state index in [1.54, 1.807) is 36.5 Å². The Morgan fingerprint density at radius 3 is 2.80 bits per heavy atom. The number of nitrogens with one attached hydrogen (secondary N) is 1. The van der Waals surface area contributed by atoms with Crippen molar-refractivity contribution in [3.05, 3.63) is 70.1 Å². The molecule has 0 bridgehead atoms. The van der Waals surface area contributed by atoms with Crippen molar-refractivity contribution in [3.63, 3.8) is 0 Å². The molecular weight excluding hydrogens is 613 g/mol. The van der Waals surface area contributed by atoms with Crippen LogP contribution >= 0.6 is 15.9 Å². The summed E-state index contributed by atoms with van der Waals surface area (Å²) in [5.74, 6) is -0.436. The lowest BCUT2D eigenvalue weighted by Crippen LogP contribution is -2.23. The lowest BCUT2D eigenvalue weighted by molar-refractivity contribution is -0.0525. The molecule has 2 atom stereocenters. The minimum absolute atomic E-state index is 0.0141. The highest BCUT2D eigenvalue weighted by Crippen LogP contribution is 2.37. The van der Waals surface area contributed by atoms with Crippen LogP contribution in [0.2, 0.25) is 0 Å². The topological polar surface area (TPSA) is 103 Å². The number of ether oxygens (including phenoxy) is 2. The van der Waals surface area contributed by atoms with Crippen LogP contribution in [0.15, 0.2) is 58.0 Å². The van der Waals surface area contributed by atoms with Crippen molar-refractivity contribution in [1.29, 1.82) is 0 Å². The highest BCUT2D eigenvalue weighted by atomic mass is 79.9. The Bertz CT molecular complexity index is 1620. The van der Waals surface area contributed by atoms with Crippen LogP contribution in [0.4, 0.5) is 13.2 Å². The van der Waals surface area contributed by atoms with Gasteiger partial charge in [0.15, 0.2) is 5.50 Å². The Morgan fingerprint density at radius 2 is 2.02 bits per heavy atom. The summed E-state index contributed by atoms with van der Waals surface area (Å²) in [4.78, 5) is 26.2. The number of benzene rings is 1. The number of aromatic nitrogens is 3. The number of hydrogen-bond acceptors (Lipinski definition) is 7. The fourth-order valence-electron chi connectivity index (χ4n) is 4.11. The van der Waals surface area contributed by atoms with Gasteiger partial charge in [0.1, 0.15) is 5.75 Å². The van der Waals surface area contributed by atoms with Gasteiger partial charge in [-0.3, -0.25) is 14.0 Å². The summed E-state index contributed by atoms with van der Waals surface area (Å²) >= 11 is 3.32. The van der Waals surface area contributed by atoms with Crippen LogP contribution in [0.3, 0.4) is 0 Å². The first-order chi connectivity index (χ1) is 19.2. The van der Waals surface area contributed by atoms with Gasteiger partial charge in [0, 0.05) is 29.3 Å². The molecule has 0 radical (unpaired) electrons. The fraction of sp³-hybridized carbons (Fsp3) is 0.259. The maximum Gasteiger partial charge on any atom is 0.388 e. The zero-order valence-corrected chi connectivity index (χ0v) is 23.4. The van der Waals surface area contributed by atoms with Crippen molar-refractivity contribution >= 4 is 43.5 Å². The summed E-state index contributed by atoms with van der Waals surface area (Å²) in [6.07, 6.45) is 2.12. The van der Waals surface area contributed by atoms with E-state index in [0.29, 0.717) is 44.4 Å². The molecule has 13 heteroatoms. The van der Waals surface area contributed by atoms with Gasteiger partial charge in [-0.1, -0.05) is 6.92 Å². The summed E-state index contributed by atoms with van der Waals surface area (Å²) in [5.41, 5.74) is 0.892. The van der Waals surface area contributed by atoms with E-state index in [0.717, 1.165) is 0 Å². The summed E-state index contributed by atoms with van der Waals surface area (Å²) in [6.45, 7) is -1.07. The summed E-state index contributed by atoms with van der Waals surface area (Å²) in [7, 11) is -1.97. The summed E-state index contributed by atoms with van der Waals surface area (Å²) in [6, 6.07) is 11.3. The van der Waals surface area contributed by atoms with Gasteiger partial charge in [-0.15, -0.1) is 0 Å². The standard InChI is InChI=1S/C27H22BrF3N4O4S/c1-2-16-4-5-18(26(34-16)39-27(30)31)20-6-3-14-12-32-17(11-21(14)35-20)13-33-25(36)15-9-19(28)24-22(10-15)40(37)23(29)7-8-38-24/h3-6,9-12,23,27H,2,7-8,13H2,1H3,(H,33,36). The third-order valence-electron chi connectivity index (χ3n) is 6.13. The molecule has 1 amide bonds. The molecule has 5 rings (SSSR count). The Morgan fingerprint density at radius 1 is 1.20 bits per heavy atom. The SMILES string of the molecule is CCc1ccc(-c2ccc3cnc(CNC(=O)c4cc(Br)c5c(c4)S(=O)C(F)CCO5)cc3n2)c(OC(F)F)n1. The molecule has 1 aromatic carbocycles. The van der Waals surface area contributed by atoms with E-state index in [1.807, 2.05) is 6.92 Å². The van der Waals surface area contributed by atoms with Crippen molar-refractivity contribution in [1.82, 2.24) is 20.3 Å². The summed E-state index contributed by atoms with van der Waals surface area (Å²) < 4.78 is 63.3. The van der Waals surface area contributed by atoms with Gasteiger partial charge in [-0.2, -0.15) is 8.78 Å². The monoisotopic (exact) mass is 634 g/mol. The van der Waals surface area contributed by atoms with Gasteiger partial charge in [-0.25, -0.2) is 14.4 Å². The molecule has 208 valence electrons. The van der Waals surface area contributed by atoms with E-state index in [1.165, 1.54) is 12.1 Å². The Kier molecular flexibility index (Phi) is 8.31. The minimum atomic E-state index is -3.04. The van der Waals surface area contributed by atoms with Crippen LogP contribution < -0.4 is 14.8 Å². The first kappa shape index (κ1) is 28.0. The van der Waals surface area contributed by atoms with E-state index in [4.69, 9.17) is 4.74 Å². The smallest absolute Gasteiger partial charge is 0.388 e. The van der Waals surface area contributed by atoms with Gasteiger partial charge in [0.25, 0.3) is 5.91 Å². The van der Waals surface area contributed by atoms with E-state index in [2.05, 4.69) is 40.9 Å². The van der Waals surface area contributed by atoms with Crippen molar-refractivity contribution in [3.8, 4) is 22.9 Å². The van der Waals surface area contributed by atoms with Crippen molar-refractivity contribution in [2.24, 2.45) is 0 Å². The first-order valence-electron chi connectivity index (χ1n) is 12.2. The quantitative estimate of drug-likeness (QED) is 0.277. The van der Waals surface area contributed by atoms with Crippen LogP contribution in [-0.2, 0) is 23.8 Å². The van der Waals surface area contributed by atoms with Gasteiger partial charge in [0.05, 0.1) is 55.8 Å². The molecule has 4 heterocycles. The molecule has 0 saturated heterocycles. The molecule has 0 aliphatic carbocycles. The second-order valence-electron chi connectivity index (χ2n) is 8.76. The summed E-state index contributed by atoms with van der Waals surface area (Å²) in [5, 5.41) is 3.45. The molecule has 40 heavy (non-hydrogen) atoms. The van der Waals surface area contributed by atoms with Gasteiger partial charge in [-0.05, 0) is 64.8 Å². The molecule has 4 aromatic rings. The number of nitrogens with zero attached hydrogens (tertiary/aromatic N) is 3. The zero-order chi connectivity index (χ0) is 28.4. The number of rotatable bonds is 7. The Labute approximate surface area is 237 Å². The molecule has 0 spiro atoms. The first-order valence-corrected chi connectivity index (χ1v) is 14.2. The highest BCUT2D eigenvalue weighted by Gasteiger charge is 2.28. The number of amides is 1. The molecular formula is C27H22BrF3N4O4S. The lowest BCUT2D eigenvalue weighted by atomic mass is 10.1. The predicted octanol–water partition coefficient (Wildman–Crippen LogP) is 5.73. The van der Waals surface area contributed by atoms with Crippen molar-refractivity contribution < 1.29 is 31.6 Å². The molecule has 2 unspecified atom stereocenters. The second-order valence-corrected chi connectivity index (χ2v) is 11.2. The van der Waals surface area contributed by atoms with Crippen LogP contribution in [-0.4, -0.2) is 43.8 Å². The lowest BCUT2D eigenvalue weighted by Gasteiger charge is -2.12. The van der Waals surface area contributed by atoms with Gasteiger partial charge in [0.2, 0.25) is 5.88 Å². The number of alkyl halides is 3. The predicted molar refractivity (Wildman–Crippen MR) is 146 cm³/mol. The third-order valence-corrected chi connectivity index (χ3v) is 8.16. The molecule has 1 aliphatic rings. The average molecular weight is 635 g/mol.